The first-order valence-corrected chi connectivity index (χ1v) is 21.2. The summed E-state index contributed by atoms with van der Waals surface area (Å²) >= 11 is 0. The van der Waals surface area contributed by atoms with Gasteiger partial charge in [-0.3, -0.25) is 0 Å². The lowest BCUT2D eigenvalue weighted by atomic mass is 9.92. The molecule has 4 rings (SSSR count). The van der Waals surface area contributed by atoms with Crippen molar-refractivity contribution in [1.82, 2.24) is 0 Å². The van der Waals surface area contributed by atoms with Crippen molar-refractivity contribution in [3.8, 4) is 0 Å². The van der Waals surface area contributed by atoms with Gasteiger partial charge in [0.15, 0.2) is 16.6 Å². The van der Waals surface area contributed by atoms with Crippen LogP contribution in [0.2, 0.25) is 36.3 Å². The number of benzene rings is 2. The van der Waals surface area contributed by atoms with Gasteiger partial charge < -0.3 is 18.3 Å². The van der Waals surface area contributed by atoms with Gasteiger partial charge in [-0.25, -0.2) is 0 Å². The Bertz CT molecular complexity index is 1150. The highest BCUT2D eigenvalue weighted by Crippen LogP contribution is 2.51. The van der Waals surface area contributed by atoms with Crippen LogP contribution in [0.1, 0.15) is 59.1 Å². The summed E-state index contributed by atoms with van der Waals surface area (Å²) < 4.78 is 27.5. The van der Waals surface area contributed by atoms with E-state index in [2.05, 4.69) is 134 Å². The summed E-state index contributed by atoms with van der Waals surface area (Å²) in [5.74, 6) is 0.544. The van der Waals surface area contributed by atoms with E-state index in [1.165, 1.54) is 16.7 Å². The molecule has 1 fully saturated rings. The molecule has 0 aliphatic heterocycles. The minimum Gasteiger partial charge on any atom is -0.413 e. The summed E-state index contributed by atoms with van der Waals surface area (Å²) in [6, 6.07) is 21.0. The van der Waals surface area contributed by atoms with E-state index in [1.54, 1.807) is 0 Å². The maximum atomic E-state index is 7.14. The van der Waals surface area contributed by atoms with Gasteiger partial charge in [-0.05, 0) is 65.3 Å². The van der Waals surface area contributed by atoms with E-state index in [4.69, 9.17) is 18.3 Å². The molecular formula is C35H54O4Si2. The van der Waals surface area contributed by atoms with Crippen LogP contribution < -0.4 is 0 Å². The third-order valence-corrected chi connectivity index (χ3v) is 19.1. The number of hydrogen-bond acceptors (Lipinski definition) is 4. The number of fused-ring (bicyclic) bond motifs is 1. The van der Waals surface area contributed by atoms with E-state index in [0.29, 0.717) is 25.7 Å². The van der Waals surface area contributed by atoms with Gasteiger partial charge in [0, 0.05) is 5.92 Å². The first-order valence-electron chi connectivity index (χ1n) is 15.4. The van der Waals surface area contributed by atoms with Crippen molar-refractivity contribution < 1.29 is 18.3 Å². The molecule has 0 radical (unpaired) electrons. The molecule has 6 heteroatoms. The Labute approximate surface area is 252 Å². The third kappa shape index (κ3) is 7.70. The zero-order chi connectivity index (χ0) is 30.1. The summed E-state index contributed by atoms with van der Waals surface area (Å²) in [5, 5.41) is 0.296. The van der Waals surface area contributed by atoms with Crippen LogP contribution in [0.25, 0.3) is 0 Å². The lowest BCUT2D eigenvalue weighted by Gasteiger charge is -2.39. The van der Waals surface area contributed by atoms with Crippen LogP contribution in [-0.4, -0.2) is 41.6 Å². The number of rotatable bonds is 11. The van der Waals surface area contributed by atoms with Gasteiger partial charge in [0.25, 0.3) is 0 Å². The van der Waals surface area contributed by atoms with Crippen LogP contribution in [0, 0.1) is 11.8 Å². The molecule has 2 aromatic rings. The Balaban J connectivity index is 1.63. The average molecular weight is 595 g/mol. The summed E-state index contributed by atoms with van der Waals surface area (Å²) in [5.41, 5.74) is 3.72. The average Bonchev–Trinajstić information content (AvgIpc) is 3.41. The molecule has 0 N–H and O–H groups in total. The first-order chi connectivity index (χ1) is 19.1. The van der Waals surface area contributed by atoms with Crippen molar-refractivity contribution in [1.29, 1.82) is 0 Å². The van der Waals surface area contributed by atoms with E-state index < -0.39 is 16.6 Å². The SMILES string of the molecule is CC(C)(C)[Si](C)(C)OCC1=C[C@H](O[Si](C)(C)C(C)(C)C)[C@@H]2C[C@@H](OCc3ccccc3)[C@@H](OCc3ccccc3)[C@H]12. The van der Waals surface area contributed by atoms with Crippen molar-refractivity contribution in [3.63, 3.8) is 0 Å². The van der Waals surface area contributed by atoms with Crippen molar-refractivity contribution in [2.75, 3.05) is 6.61 Å². The molecule has 0 bridgehead atoms. The predicted molar refractivity (Wildman–Crippen MR) is 175 cm³/mol. The molecule has 5 atom stereocenters. The van der Waals surface area contributed by atoms with Crippen LogP contribution in [0.4, 0.5) is 0 Å². The van der Waals surface area contributed by atoms with Crippen LogP contribution in [0.15, 0.2) is 72.3 Å². The standard InChI is InChI=1S/C35H54O4Si2/c1-34(2,3)40(7,8)38-25-28-21-30(39-41(9,10)35(4,5)6)29-22-31(36-23-26-17-13-11-14-18-26)33(32(28)29)37-24-27-19-15-12-16-20-27/h11-21,29-33H,22-25H2,1-10H3/t29-,30-,31+,32+,33+/m0/s1. The molecule has 2 aromatic carbocycles. The minimum absolute atomic E-state index is 0.00370. The zero-order valence-corrected chi connectivity index (χ0v) is 29.2. The molecule has 0 saturated heterocycles. The quantitative estimate of drug-likeness (QED) is 0.192. The highest BCUT2D eigenvalue weighted by molar-refractivity contribution is 6.74. The van der Waals surface area contributed by atoms with Crippen molar-refractivity contribution >= 4 is 16.6 Å². The summed E-state index contributed by atoms with van der Waals surface area (Å²) in [6.07, 6.45) is 3.35. The molecule has 0 unspecified atom stereocenters. The first kappa shape index (κ1) is 32.4. The van der Waals surface area contributed by atoms with Gasteiger partial charge in [0.05, 0.1) is 38.1 Å². The molecule has 4 nitrogen and oxygen atoms in total. The van der Waals surface area contributed by atoms with E-state index in [0.717, 1.165) is 6.42 Å². The summed E-state index contributed by atoms with van der Waals surface area (Å²) in [4.78, 5) is 0. The Kier molecular flexibility index (Phi) is 9.94. The van der Waals surface area contributed by atoms with Crippen molar-refractivity contribution in [3.05, 3.63) is 83.4 Å². The fourth-order valence-electron chi connectivity index (χ4n) is 5.48. The molecule has 41 heavy (non-hydrogen) atoms. The van der Waals surface area contributed by atoms with Crippen LogP contribution in [0.3, 0.4) is 0 Å². The van der Waals surface area contributed by atoms with Gasteiger partial charge >= 0.3 is 0 Å². The van der Waals surface area contributed by atoms with E-state index in [9.17, 15) is 0 Å². The second-order valence-electron chi connectivity index (χ2n) is 15.2. The highest BCUT2D eigenvalue weighted by Gasteiger charge is 2.54. The molecule has 226 valence electrons. The lowest BCUT2D eigenvalue weighted by molar-refractivity contribution is -0.0802. The smallest absolute Gasteiger partial charge is 0.192 e. The minimum atomic E-state index is -1.99. The van der Waals surface area contributed by atoms with Crippen molar-refractivity contribution in [2.24, 2.45) is 11.8 Å². The molecular weight excluding hydrogens is 541 g/mol. The second kappa shape index (κ2) is 12.6. The fourth-order valence-corrected chi connectivity index (χ4v) is 7.71. The Morgan fingerprint density at radius 1 is 0.683 bits per heavy atom. The third-order valence-electron chi connectivity index (χ3n) is 10.1. The largest absolute Gasteiger partial charge is 0.413 e. The zero-order valence-electron chi connectivity index (χ0n) is 27.2. The van der Waals surface area contributed by atoms with E-state index in [-0.39, 0.29) is 34.3 Å². The van der Waals surface area contributed by atoms with Gasteiger partial charge in [-0.1, -0.05) is 108 Å². The normalized spacial score (nSPS) is 25.3. The molecule has 1 saturated carbocycles. The Morgan fingerprint density at radius 2 is 1.20 bits per heavy atom. The molecule has 2 aliphatic carbocycles. The van der Waals surface area contributed by atoms with E-state index in [1.807, 2.05) is 0 Å². The molecule has 0 spiro atoms. The maximum absolute atomic E-state index is 7.14. The molecule has 0 aromatic heterocycles. The number of ether oxygens (including phenoxy) is 2. The van der Waals surface area contributed by atoms with Crippen LogP contribution in [-0.2, 0) is 31.5 Å². The van der Waals surface area contributed by atoms with Crippen molar-refractivity contribution in [2.45, 2.75) is 116 Å². The van der Waals surface area contributed by atoms with Crippen LogP contribution in [0.5, 0.6) is 0 Å². The topological polar surface area (TPSA) is 36.9 Å². The second-order valence-corrected chi connectivity index (χ2v) is 24.7. The fraction of sp³-hybridized carbons (Fsp3) is 0.600. The molecule has 0 heterocycles. The van der Waals surface area contributed by atoms with Crippen LogP contribution >= 0.6 is 0 Å². The van der Waals surface area contributed by atoms with Gasteiger partial charge in [-0.2, -0.15) is 0 Å². The van der Waals surface area contributed by atoms with Gasteiger partial charge in [-0.15, -0.1) is 0 Å². The summed E-state index contributed by atoms with van der Waals surface area (Å²) in [7, 11) is -3.92. The van der Waals surface area contributed by atoms with Gasteiger partial charge in [0.1, 0.15) is 0 Å². The predicted octanol–water partition coefficient (Wildman–Crippen LogP) is 9.15. The Morgan fingerprint density at radius 3 is 1.71 bits per heavy atom. The molecule has 2 aliphatic rings. The van der Waals surface area contributed by atoms with Gasteiger partial charge in [0.2, 0.25) is 0 Å². The Hall–Kier alpha value is -1.55. The number of hydrogen-bond donors (Lipinski definition) is 0. The monoisotopic (exact) mass is 594 g/mol. The lowest BCUT2D eigenvalue weighted by Crippen LogP contribution is -2.45. The highest BCUT2D eigenvalue weighted by atomic mass is 28.4. The van der Waals surface area contributed by atoms with E-state index >= 15 is 0 Å². The summed E-state index contributed by atoms with van der Waals surface area (Å²) in [6.45, 7) is 25.1. The maximum Gasteiger partial charge on any atom is 0.192 e. The molecule has 0 amide bonds.